The summed E-state index contributed by atoms with van der Waals surface area (Å²) in [5.41, 5.74) is 7.16. The molecule has 0 aliphatic heterocycles. The van der Waals surface area contributed by atoms with Gasteiger partial charge in [-0.1, -0.05) is 20.8 Å². The van der Waals surface area contributed by atoms with Crippen molar-refractivity contribution in [1.82, 2.24) is 15.3 Å². The molecule has 0 saturated carbocycles. The molecule has 0 saturated heterocycles. The van der Waals surface area contributed by atoms with Crippen LogP contribution in [0.5, 0.6) is 0 Å². The van der Waals surface area contributed by atoms with E-state index in [0.717, 1.165) is 0 Å². The van der Waals surface area contributed by atoms with Gasteiger partial charge in [0, 0.05) is 12.4 Å². The molecular weight excluding hydrogens is 272 g/mol. The van der Waals surface area contributed by atoms with Crippen molar-refractivity contribution in [3.63, 3.8) is 0 Å². The van der Waals surface area contributed by atoms with E-state index < -0.39 is 23.7 Å². The van der Waals surface area contributed by atoms with Crippen LogP contribution < -0.4 is 11.2 Å². The highest BCUT2D eigenvalue weighted by atomic mass is 16.5. The number of amides is 2. The summed E-state index contributed by atoms with van der Waals surface area (Å²) in [6.07, 6.45) is 4.41. The molecule has 0 aliphatic rings. The molecule has 2 unspecified atom stereocenters. The summed E-state index contributed by atoms with van der Waals surface area (Å²) >= 11 is 0. The van der Waals surface area contributed by atoms with E-state index in [2.05, 4.69) is 5.10 Å². The zero-order valence-electron chi connectivity index (χ0n) is 12.7. The van der Waals surface area contributed by atoms with E-state index >= 15 is 0 Å². The summed E-state index contributed by atoms with van der Waals surface area (Å²) in [5, 5.41) is 13.2. The molecule has 1 aromatic heterocycles. The van der Waals surface area contributed by atoms with Gasteiger partial charge in [-0.05, 0) is 24.8 Å². The fourth-order valence-corrected chi connectivity index (χ4v) is 2.73. The Kier molecular flexibility index (Phi) is 6.36. The largest absolute Gasteiger partial charge is 0.369 e. The highest BCUT2D eigenvalue weighted by Gasteiger charge is 2.39. The van der Waals surface area contributed by atoms with Gasteiger partial charge in [-0.25, -0.2) is 5.48 Å². The van der Waals surface area contributed by atoms with Crippen molar-refractivity contribution < 1.29 is 14.8 Å². The van der Waals surface area contributed by atoms with E-state index in [9.17, 15) is 9.59 Å². The second-order valence-corrected chi connectivity index (χ2v) is 5.60. The Bertz CT molecular complexity index is 459. The predicted molar refractivity (Wildman–Crippen MR) is 77.1 cm³/mol. The van der Waals surface area contributed by atoms with Crippen LogP contribution >= 0.6 is 0 Å². The maximum absolute atomic E-state index is 12.1. The molecule has 21 heavy (non-hydrogen) atoms. The monoisotopic (exact) mass is 296 g/mol. The van der Waals surface area contributed by atoms with E-state index in [1.54, 1.807) is 28.6 Å². The Labute approximate surface area is 124 Å². The summed E-state index contributed by atoms with van der Waals surface area (Å²) in [6.45, 7) is 5.81. The van der Waals surface area contributed by atoms with Crippen molar-refractivity contribution in [3.8, 4) is 0 Å². The van der Waals surface area contributed by atoms with Gasteiger partial charge in [0.05, 0.1) is 17.9 Å². The lowest BCUT2D eigenvalue weighted by atomic mass is 9.79. The van der Waals surface area contributed by atoms with E-state index in [1.807, 2.05) is 20.8 Å². The number of nitrogens with one attached hydrogen (secondary N) is 1. The summed E-state index contributed by atoms with van der Waals surface area (Å²) < 4.78 is 1.64. The highest BCUT2D eigenvalue weighted by Crippen LogP contribution is 2.32. The molecule has 4 N–H and O–H groups in total. The number of aromatic nitrogens is 2. The molecule has 0 fully saturated rings. The molecule has 118 valence electrons. The second-order valence-electron chi connectivity index (χ2n) is 5.60. The van der Waals surface area contributed by atoms with Crippen LogP contribution in [0.25, 0.3) is 0 Å². The second kappa shape index (κ2) is 7.78. The number of rotatable bonds is 8. The zero-order valence-corrected chi connectivity index (χ0v) is 12.7. The number of carbonyl (C=O) groups is 2. The molecule has 3 atom stereocenters. The molecule has 1 aromatic rings. The fraction of sp³-hybridized carbons (Fsp3) is 0.643. The molecule has 7 heteroatoms. The van der Waals surface area contributed by atoms with Crippen LogP contribution in [0.3, 0.4) is 0 Å². The van der Waals surface area contributed by atoms with Crippen molar-refractivity contribution in [3.05, 3.63) is 18.5 Å². The third-order valence-electron chi connectivity index (χ3n) is 3.63. The van der Waals surface area contributed by atoms with Crippen LogP contribution in [0.4, 0.5) is 0 Å². The summed E-state index contributed by atoms with van der Waals surface area (Å²) in [4.78, 5) is 23.9. The average molecular weight is 296 g/mol. The van der Waals surface area contributed by atoms with Crippen molar-refractivity contribution >= 4 is 11.8 Å². The van der Waals surface area contributed by atoms with Crippen LogP contribution in [-0.4, -0.2) is 26.8 Å². The van der Waals surface area contributed by atoms with Gasteiger partial charge in [-0.15, -0.1) is 0 Å². The van der Waals surface area contributed by atoms with Gasteiger partial charge in [-0.2, -0.15) is 5.10 Å². The Morgan fingerprint density at radius 3 is 2.48 bits per heavy atom. The lowest BCUT2D eigenvalue weighted by Crippen LogP contribution is -2.44. The van der Waals surface area contributed by atoms with E-state index in [0.29, 0.717) is 12.8 Å². The molecule has 0 spiro atoms. The lowest BCUT2D eigenvalue weighted by molar-refractivity contribution is -0.142. The van der Waals surface area contributed by atoms with Gasteiger partial charge in [0.25, 0.3) is 0 Å². The standard InChI is InChI=1S/C14H24N4O3/c1-4-11(18-7-5-6-16-18)12(14(20)17-21)10(13(15)19)8-9(2)3/h5-7,9-12,21H,4,8H2,1-3H3,(H2,15,19)(H,17,20)/t10?,11-,12?/m0/s1. The fourth-order valence-electron chi connectivity index (χ4n) is 2.73. The first-order valence-corrected chi connectivity index (χ1v) is 7.14. The minimum atomic E-state index is -0.764. The first-order chi connectivity index (χ1) is 9.92. The number of nitrogens with two attached hydrogens (primary N) is 1. The summed E-state index contributed by atoms with van der Waals surface area (Å²) in [5.74, 6) is -2.37. The molecule has 0 radical (unpaired) electrons. The van der Waals surface area contributed by atoms with Gasteiger partial charge in [0.1, 0.15) is 0 Å². The van der Waals surface area contributed by atoms with Crippen molar-refractivity contribution in [2.24, 2.45) is 23.5 Å². The zero-order chi connectivity index (χ0) is 16.0. The third kappa shape index (κ3) is 4.29. The number of hydrogen-bond donors (Lipinski definition) is 3. The topological polar surface area (TPSA) is 110 Å². The lowest BCUT2D eigenvalue weighted by Gasteiger charge is -2.31. The maximum atomic E-state index is 12.1. The number of primary amides is 1. The minimum Gasteiger partial charge on any atom is -0.369 e. The number of hydrogen-bond acceptors (Lipinski definition) is 4. The van der Waals surface area contributed by atoms with E-state index in [-0.39, 0.29) is 12.0 Å². The first kappa shape index (κ1) is 17.2. The van der Waals surface area contributed by atoms with Gasteiger partial charge in [0.2, 0.25) is 11.8 Å². The predicted octanol–water partition coefficient (Wildman–Crippen LogP) is 1.10. The summed E-state index contributed by atoms with van der Waals surface area (Å²) in [6, 6.07) is 1.40. The normalized spacial score (nSPS) is 15.5. The Balaban J connectivity index is 3.18. The van der Waals surface area contributed by atoms with Gasteiger partial charge < -0.3 is 5.73 Å². The quantitative estimate of drug-likeness (QED) is 0.493. The number of nitrogens with zero attached hydrogens (tertiary/aromatic N) is 2. The van der Waals surface area contributed by atoms with E-state index in [1.165, 1.54) is 0 Å². The number of hydroxylamine groups is 1. The molecule has 0 aliphatic carbocycles. The smallest absolute Gasteiger partial charge is 0.249 e. The Morgan fingerprint density at radius 2 is 2.10 bits per heavy atom. The van der Waals surface area contributed by atoms with Crippen LogP contribution in [0.15, 0.2) is 18.5 Å². The van der Waals surface area contributed by atoms with Crippen molar-refractivity contribution in [2.75, 3.05) is 0 Å². The van der Waals surface area contributed by atoms with E-state index in [4.69, 9.17) is 10.9 Å². The van der Waals surface area contributed by atoms with Gasteiger partial charge >= 0.3 is 0 Å². The molecule has 2 amide bonds. The van der Waals surface area contributed by atoms with Crippen LogP contribution in [0.1, 0.15) is 39.7 Å². The van der Waals surface area contributed by atoms with Crippen molar-refractivity contribution in [1.29, 1.82) is 0 Å². The Hall–Kier alpha value is -1.89. The van der Waals surface area contributed by atoms with Crippen LogP contribution in [0, 0.1) is 17.8 Å². The van der Waals surface area contributed by atoms with Gasteiger partial charge in [0.15, 0.2) is 0 Å². The van der Waals surface area contributed by atoms with Gasteiger partial charge in [-0.3, -0.25) is 19.5 Å². The molecule has 7 nitrogen and oxygen atoms in total. The Morgan fingerprint density at radius 1 is 1.43 bits per heavy atom. The third-order valence-corrected chi connectivity index (χ3v) is 3.63. The molecular formula is C14H24N4O3. The average Bonchev–Trinajstić information content (AvgIpc) is 2.95. The highest BCUT2D eigenvalue weighted by molar-refractivity contribution is 5.86. The molecule has 1 heterocycles. The minimum absolute atomic E-state index is 0.201. The molecule has 0 aromatic carbocycles. The molecule has 1 rings (SSSR count). The van der Waals surface area contributed by atoms with Crippen molar-refractivity contribution in [2.45, 2.75) is 39.7 Å². The first-order valence-electron chi connectivity index (χ1n) is 7.14. The van der Waals surface area contributed by atoms with Crippen LogP contribution in [-0.2, 0) is 9.59 Å². The summed E-state index contributed by atoms with van der Waals surface area (Å²) in [7, 11) is 0. The molecule has 0 bridgehead atoms. The maximum Gasteiger partial charge on any atom is 0.249 e. The number of carbonyl (C=O) groups excluding carboxylic acids is 2. The SMILES string of the molecule is CC[C@@H](C(C(=O)NO)C(CC(C)C)C(N)=O)n1cccn1. The van der Waals surface area contributed by atoms with Crippen LogP contribution in [0.2, 0.25) is 0 Å².